The van der Waals surface area contributed by atoms with Crippen LogP contribution in [0.2, 0.25) is 0 Å². The van der Waals surface area contributed by atoms with E-state index in [9.17, 15) is 14.0 Å². The summed E-state index contributed by atoms with van der Waals surface area (Å²) in [5.41, 5.74) is -0.218. The van der Waals surface area contributed by atoms with E-state index >= 15 is 0 Å². The number of nitrogens with one attached hydrogen (secondary N) is 2. The molecule has 17 heavy (non-hydrogen) atoms. The number of carbonyl (C=O) groups excluding carboxylic acids is 1. The summed E-state index contributed by atoms with van der Waals surface area (Å²) in [7, 11) is 0. The molecule has 3 N–H and O–H groups in total. The average Bonchev–Trinajstić information content (AvgIpc) is 2.26. The van der Waals surface area contributed by atoms with Gasteiger partial charge in [0.2, 0.25) is 0 Å². The Morgan fingerprint density at radius 1 is 1.41 bits per heavy atom. The summed E-state index contributed by atoms with van der Waals surface area (Å²) in [5, 5.41) is 13.6. The lowest BCUT2D eigenvalue weighted by Crippen LogP contribution is -2.29. The van der Waals surface area contributed by atoms with Crippen molar-refractivity contribution in [3.8, 4) is 0 Å². The van der Waals surface area contributed by atoms with E-state index < -0.39 is 17.8 Å². The Kier molecular flexibility index (Phi) is 4.45. The molecule has 0 saturated carbocycles. The Bertz CT molecular complexity index is 435. The molecule has 0 aromatic heterocycles. The van der Waals surface area contributed by atoms with Crippen LogP contribution in [0.5, 0.6) is 0 Å². The summed E-state index contributed by atoms with van der Waals surface area (Å²) >= 11 is 0. The Morgan fingerprint density at radius 2 is 2.12 bits per heavy atom. The van der Waals surface area contributed by atoms with E-state index in [-0.39, 0.29) is 11.3 Å². The standard InChI is InChI=1S/C11H13FN2O3/c1-2-5-13-11(17)14-9-6-7(12)3-4-8(9)10(15)16/h3-4,6H,2,5H2,1H3,(H,15,16)(H2,13,14,17). The van der Waals surface area contributed by atoms with Crippen LogP contribution < -0.4 is 10.6 Å². The van der Waals surface area contributed by atoms with Crippen LogP contribution in [0.15, 0.2) is 18.2 Å². The number of halogens is 1. The van der Waals surface area contributed by atoms with Crippen molar-refractivity contribution in [2.45, 2.75) is 13.3 Å². The van der Waals surface area contributed by atoms with Crippen LogP contribution in [0.1, 0.15) is 23.7 Å². The number of amides is 2. The molecule has 0 bridgehead atoms. The van der Waals surface area contributed by atoms with Crippen LogP contribution >= 0.6 is 0 Å². The highest BCUT2D eigenvalue weighted by atomic mass is 19.1. The highest BCUT2D eigenvalue weighted by Crippen LogP contribution is 2.17. The number of hydrogen-bond acceptors (Lipinski definition) is 2. The summed E-state index contributed by atoms with van der Waals surface area (Å²) in [4.78, 5) is 22.2. The molecule has 0 aliphatic carbocycles. The minimum absolute atomic E-state index is 0.0638. The number of carboxylic acids is 1. The van der Waals surface area contributed by atoms with E-state index in [0.717, 1.165) is 24.6 Å². The number of anilines is 1. The molecule has 1 aromatic carbocycles. The molecule has 6 heteroatoms. The normalized spacial score (nSPS) is 9.76. The molecule has 0 atom stereocenters. The van der Waals surface area contributed by atoms with Gasteiger partial charge in [0.1, 0.15) is 5.82 Å². The number of urea groups is 1. The largest absolute Gasteiger partial charge is 0.478 e. The van der Waals surface area contributed by atoms with Crippen molar-refractivity contribution in [2.24, 2.45) is 0 Å². The van der Waals surface area contributed by atoms with Gasteiger partial charge in [-0.05, 0) is 24.6 Å². The molecular formula is C11H13FN2O3. The average molecular weight is 240 g/mol. The molecule has 2 amide bonds. The second-order valence-electron chi connectivity index (χ2n) is 3.38. The van der Waals surface area contributed by atoms with Gasteiger partial charge in [-0.3, -0.25) is 0 Å². The number of benzene rings is 1. The predicted molar refractivity (Wildman–Crippen MR) is 60.7 cm³/mol. The van der Waals surface area contributed by atoms with Crippen LogP contribution in [0.25, 0.3) is 0 Å². The van der Waals surface area contributed by atoms with Gasteiger partial charge in [-0.2, -0.15) is 0 Å². The van der Waals surface area contributed by atoms with E-state index in [1.807, 2.05) is 6.92 Å². The summed E-state index contributed by atoms with van der Waals surface area (Å²) < 4.78 is 12.9. The maximum Gasteiger partial charge on any atom is 0.337 e. The Labute approximate surface area is 97.6 Å². The first-order valence-corrected chi connectivity index (χ1v) is 5.12. The first-order valence-electron chi connectivity index (χ1n) is 5.12. The third kappa shape index (κ3) is 3.75. The third-order valence-corrected chi connectivity index (χ3v) is 2.00. The third-order valence-electron chi connectivity index (χ3n) is 2.00. The summed E-state index contributed by atoms with van der Waals surface area (Å²) in [5.74, 6) is -1.84. The summed E-state index contributed by atoms with van der Waals surface area (Å²) in [6.07, 6.45) is 0.752. The molecular weight excluding hydrogens is 227 g/mol. The number of carboxylic acid groups (broad SMARTS) is 1. The first kappa shape index (κ1) is 13.0. The van der Waals surface area contributed by atoms with Crippen molar-refractivity contribution in [3.63, 3.8) is 0 Å². The fraction of sp³-hybridized carbons (Fsp3) is 0.273. The van der Waals surface area contributed by atoms with Crippen molar-refractivity contribution in [1.82, 2.24) is 5.32 Å². The minimum Gasteiger partial charge on any atom is -0.478 e. The molecule has 92 valence electrons. The SMILES string of the molecule is CCCNC(=O)Nc1cc(F)ccc1C(=O)O. The van der Waals surface area contributed by atoms with Gasteiger partial charge in [0.05, 0.1) is 11.3 Å². The highest BCUT2D eigenvalue weighted by molar-refractivity contribution is 5.99. The Morgan fingerprint density at radius 3 is 2.71 bits per heavy atom. The van der Waals surface area contributed by atoms with Crippen molar-refractivity contribution in [3.05, 3.63) is 29.6 Å². The molecule has 1 aromatic rings. The second-order valence-corrected chi connectivity index (χ2v) is 3.38. The Hall–Kier alpha value is -2.11. The fourth-order valence-corrected chi connectivity index (χ4v) is 1.21. The maximum atomic E-state index is 12.9. The van der Waals surface area contributed by atoms with Gasteiger partial charge in [0.25, 0.3) is 0 Å². The lowest BCUT2D eigenvalue weighted by molar-refractivity contribution is 0.0698. The number of rotatable bonds is 4. The van der Waals surface area contributed by atoms with E-state index in [0.29, 0.717) is 6.54 Å². The molecule has 0 radical (unpaired) electrons. The van der Waals surface area contributed by atoms with Crippen molar-refractivity contribution in [1.29, 1.82) is 0 Å². The molecule has 0 heterocycles. The van der Waals surface area contributed by atoms with E-state index in [1.165, 1.54) is 0 Å². The minimum atomic E-state index is -1.23. The topological polar surface area (TPSA) is 78.4 Å². The lowest BCUT2D eigenvalue weighted by Gasteiger charge is -2.09. The van der Waals surface area contributed by atoms with Crippen LogP contribution in [0, 0.1) is 5.82 Å². The van der Waals surface area contributed by atoms with Crippen LogP contribution in [0.3, 0.4) is 0 Å². The number of aromatic carboxylic acids is 1. The molecule has 0 aliphatic rings. The summed E-state index contributed by atoms with van der Waals surface area (Å²) in [6.45, 7) is 2.34. The van der Waals surface area contributed by atoms with Gasteiger partial charge < -0.3 is 15.7 Å². The number of hydrogen-bond donors (Lipinski definition) is 3. The maximum absolute atomic E-state index is 12.9. The van der Waals surface area contributed by atoms with Gasteiger partial charge in [-0.25, -0.2) is 14.0 Å². The Balaban J connectivity index is 2.85. The molecule has 5 nitrogen and oxygen atoms in total. The quantitative estimate of drug-likeness (QED) is 0.753. The lowest BCUT2D eigenvalue weighted by atomic mass is 10.2. The molecule has 0 saturated heterocycles. The molecule has 0 fully saturated rings. The molecule has 0 unspecified atom stereocenters. The van der Waals surface area contributed by atoms with Gasteiger partial charge in [-0.15, -0.1) is 0 Å². The van der Waals surface area contributed by atoms with Crippen molar-refractivity contribution >= 4 is 17.7 Å². The van der Waals surface area contributed by atoms with Crippen molar-refractivity contribution in [2.75, 3.05) is 11.9 Å². The van der Waals surface area contributed by atoms with Crippen LogP contribution in [-0.2, 0) is 0 Å². The number of carbonyl (C=O) groups is 2. The zero-order chi connectivity index (χ0) is 12.8. The van der Waals surface area contributed by atoms with Crippen LogP contribution in [-0.4, -0.2) is 23.7 Å². The van der Waals surface area contributed by atoms with Gasteiger partial charge in [0.15, 0.2) is 0 Å². The van der Waals surface area contributed by atoms with Gasteiger partial charge in [-0.1, -0.05) is 6.92 Å². The van der Waals surface area contributed by atoms with E-state index in [2.05, 4.69) is 10.6 Å². The summed E-state index contributed by atoms with van der Waals surface area (Å²) in [6, 6.07) is 2.54. The van der Waals surface area contributed by atoms with E-state index in [4.69, 9.17) is 5.11 Å². The molecule has 1 rings (SSSR count). The van der Waals surface area contributed by atoms with Crippen LogP contribution in [0.4, 0.5) is 14.9 Å². The zero-order valence-electron chi connectivity index (χ0n) is 9.29. The molecule has 0 spiro atoms. The monoisotopic (exact) mass is 240 g/mol. The molecule has 0 aliphatic heterocycles. The van der Waals surface area contributed by atoms with Gasteiger partial charge in [0, 0.05) is 6.54 Å². The van der Waals surface area contributed by atoms with E-state index in [1.54, 1.807) is 0 Å². The highest BCUT2D eigenvalue weighted by Gasteiger charge is 2.12. The zero-order valence-corrected chi connectivity index (χ0v) is 9.29. The fourth-order valence-electron chi connectivity index (χ4n) is 1.21. The predicted octanol–water partition coefficient (Wildman–Crippen LogP) is 2.06. The van der Waals surface area contributed by atoms with Gasteiger partial charge >= 0.3 is 12.0 Å². The first-order chi connectivity index (χ1) is 8.04. The second kappa shape index (κ2) is 5.83. The van der Waals surface area contributed by atoms with Crippen molar-refractivity contribution < 1.29 is 19.1 Å². The smallest absolute Gasteiger partial charge is 0.337 e.